The van der Waals surface area contributed by atoms with Crippen molar-refractivity contribution in [2.75, 3.05) is 19.5 Å². The van der Waals surface area contributed by atoms with E-state index < -0.39 is 12.0 Å². The Hall–Kier alpha value is -2.61. The number of anilines is 1. The van der Waals surface area contributed by atoms with E-state index in [-0.39, 0.29) is 11.4 Å². The van der Waals surface area contributed by atoms with Gasteiger partial charge < -0.3 is 9.52 Å². The number of rotatable bonds is 3. The molecule has 0 radical (unpaired) electrons. The summed E-state index contributed by atoms with van der Waals surface area (Å²) in [6, 6.07) is 1.55. The van der Waals surface area contributed by atoms with E-state index in [0.717, 1.165) is 5.06 Å². The van der Waals surface area contributed by atoms with E-state index in [4.69, 9.17) is 14.4 Å². The molecule has 0 saturated carbocycles. The average Bonchev–Trinajstić information content (AvgIpc) is 2.75. The van der Waals surface area contributed by atoms with Gasteiger partial charge in [0, 0.05) is 18.6 Å². The Morgan fingerprint density at radius 1 is 1.53 bits per heavy atom. The predicted molar refractivity (Wildman–Crippen MR) is 64.8 cm³/mol. The zero-order valence-corrected chi connectivity index (χ0v) is 10.2. The third kappa shape index (κ3) is 2.33. The maximum atomic E-state index is 12.0. The van der Waals surface area contributed by atoms with Gasteiger partial charge >= 0.3 is 12.0 Å². The lowest BCUT2D eigenvalue weighted by molar-refractivity contribution is -0.0771. The standard InChI is InChI=1S/C11H11N3O5/c1-14(18-2)10(15)9-8(13-11(16)17)6-3-4-12-5-7(6)19-9/h3-5,13H,1-2H3,(H,16,17). The number of nitrogens with zero attached hydrogens (tertiary/aromatic N) is 2. The Balaban J connectivity index is 2.58. The maximum Gasteiger partial charge on any atom is 0.409 e. The summed E-state index contributed by atoms with van der Waals surface area (Å²) >= 11 is 0. The fraction of sp³-hybridized carbons (Fsp3) is 0.182. The summed E-state index contributed by atoms with van der Waals surface area (Å²) < 4.78 is 5.33. The number of fused-ring (bicyclic) bond motifs is 1. The van der Waals surface area contributed by atoms with E-state index in [1.165, 1.54) is 26.6 Å². The van der Waals surface area contributed by atoms with Crippen LogP contribution in [0, 0.1) is 0 Å². The molecule has 0 saturated heterocycles. The molecule has 0 fully saturated rings. The van der Waals surface area contributed by atoms with Crippen molar-refractivity contribution in [1.29, 1.82) is 0 Å². The van der Waals surface area contributed by atoms with Crippen molar-refractivity contribution in [2.24, 2.45) is 0 Å². The third-order valence-electron chi connectivity index (χ3n) is 2.48. The van der Waals surface area contributed by atoms with Crippen molar-refractivity contribution in [1.82, 2.24) is 10.0 Å². The van der Waals surface area contributed by atoms with Crippen LogP contribution in [0.2, 0.25) is 0 Å². The second-order valence-electron chi connectivity index (χ2n) is 3.59. The minimum Gasteiger partial charge on any atom is -0.465 e. The molecule has 2 aromatic heterocycles. The molecule has 8 heteroatoms. The van der Waals surface area contributed by atoms with Gasteiger partial charge in [0.1, 0.15) is 5.69 Å². The van der Waals surface area contributed by atoms with Crippen LogP contribution < -0.4 is 5.32 Å². The molecule has 0 aliphatic heterocycles. The molecule has 100 valence electrons. The Labute approximate surface area is 107 Å². The van der Waals surface area contributed by atoms with Crippen molar-refractivity contribution >= 4 is 28.7 Å². The molecule has 0 bridgehead atoms. The zero-order chi connectivity index (χ0) is 14.0. The molecule has 2 N–H and O–H groups in total. The van der Waals surface area contributed by atoms with E-state index >= 15 is 0 Å². The van der Waals surface area contributed by atoms with Crippen LogP contribution in [0.3, 0.4) is 0 Å². The van der Waals surface area contributed by atoms with Gasteiger partial charge in [-0.25, -0.2) is 9.86 Å². The number of carboxylic acid groups (broad SMARTS) is 1. The lowest BCUT2D eigenvalue weighted by atomic mass is 10.2. The second kappa shape index (κ2) is 4.94. The van der Waals surface area contributed by atoms with E-state index in [1.54, 1.807) is 6.07 Å². The van der Waals surface area contributed by atoms with Crippen molar-refractivity contribution < 1.29 is 24.0 Å². The number of carbonyl (C=O) groups is 2. The number of aromatic nitrogens is 1. The van der Waals surface area contributed by atoms with Crippen LogP contribution in [-0.4, -0.2) is 41.3 Å². The summed E-state index contributed by atoms with van der Waals surface area (Å²) in [6.07, 6.45) is 1.57. The van der Waals surface area contributed by atoms with E-state index in [0.29, 0.717) is 11.0 Å². The number of hydrogen-bond donors (Lipinski definition) is 2. The number of amides is 2. The lowest BCUT2D eigenvalue weighted by Gasteiger charge is -2.12. The van der Waals surface area contributed by atoms with E-state index in [9.17, 15) is 9.59 Å². The number of pyridine rings is 1. The molecule has 0 unspecified atom stereocenters. The van der Waals surface area contributed by atoms with Gasteiger partial charge in [-0.05, 0) is 6.07 Å². The van der Waals surface area contributed by atoms with Crippen LogP contribution in [0.15, 0.2) is 22.9 Å². The van der Waals surface area contributed by atoms with E-state index in [2.05, 4.69) is 10.3 Å². The largest absolute Gasteiger partial charge is 0.465 e. The fourth-order valence-electron chi connectivity index (χ4n) is 1.56. The molecular formula is C11H11N3O5. The van der Waals surface area contributed by atoms with Crippen LogP contribution in [-0.2, 0) is 4.84 Å². The Morgan fingerprint density at radius 3 is 2.89 bits per heavy atom. The predicted octanol–water partition coefficient (Wildman–Crippen LogP) is 1.55. The van der Waals surface area contributed by atoms with Crippen LogP contribution in [0.4, 0.5) is 10.5 Å². The van der Waals surface area contributed by atoms with Gasteiger partial charge in [-0.2, -0.15) is 0 Å². The molecule has 0 spiro atoms. The summed E-state index contributed by atoms with van der Waals surface area (Å²) in [5.74, 6) is -0.766. The minimum absolute atomic E-state index is 0.0683. The first-order valence-electron chi connectivity index (χ1n) is 5.23. The topological polar surface area (TPSA) is 105 Å². The van der Waals surface area contributed by atoms with Crippen molar-refractivity contribution in [3.63, 3.8) is 0 Å². The molecule has 2 rings (SSSR count). The van der Waals surface area contributed by atoms with Gasteiger partial charge in [0.25, 0.3) is 0 Å². The zero-order valence-electron chi connectivity index (χ0n) is 10.2. The van der Waals surface area contributed by atoms with Crippen LogP contribution in [0.25, 0.3) is 11.0 Å². The first-order valence-corrected chi connectivity index (χ1v) is 5.23. The summed E-state index contributed by atoms with van der Waals surface area (Å²) in [5.41, 5.74) is 0.373. The maximum absolute atomic E-state index is 12.0. The van der Waals surface area contributed by atoms with Crippen LogP contribution in [0.1, 0.15) is 10.6 Å². The Kier molecular flexibility index (Phi) is 3.34. The molecule has 2 amide bonds. The molecule has 0 aliphatic carbocycles. The van der Waals surface area contributed by atoms with Gasteiger partial charge in [0.05, 0.1) is 13.3 Å². The first-order chi connectivity index (χ1) is 9.04. The molecule has 8 nitrogen and oxygen atoms in total. The SMILES string of the molecule is CON(C)C(=O)c1oc2cnccc2c1NC(=O)O. The highest BCUT2D eigenvalue weighted by atomic mass is 16.7. The third-order valence-corrected chi connectivity index (χ3v) is 2.48. The highest BCUT2D eigenvalue weighted by Crippen LogP contribution is 2.31. The van der Waals surface area contributed by atoms with Gasteiger partial charge in [-0.15, -0.1) is 0 Å². The minimum atomic E-state index is -1.30. The normalized spacial score (nSPS) is 10.4. The number of carbonyl (C=O) groups excluding carboxylic acids is 1. The highest BCUT2D eigenvalue weighted by molar-refractivity contribution is 6.09. The van der Waals surface area contributed by atoms with Crippen molar-refractivity contribution in [3.05, 3.63) is 24.2 Å². The first kappa shape index (κ1) is 12.8. The molecular weight excluding hydrogens is 254 g/mol. The Morgan fingerprint density at radius 2 is 2.26 bits per heavy atom. The quantitative estimate of drug-likeness (QED) is 0.816. The molecule has 2 aromatic rings. The highest BCUT2D eigenvalue weighted by Gasteiger charge is 2.24. The van der Waals surface area contributed by atoms with E-state index in [1.807, 2.05) is 0 Å². The van der Waals surface area contributed by atoms with Gasteiger partial charge in [-0.3, -0.25) is 19.9 Å². The number of hydroxylamine groups is 2. The second-order valence-corrected chi connectivity index (χ2v) is 3.59. The molecule has 2 heterocycles. The fourth-order valence-corrected chi connectivity index (χ4v) is 1.56. The molecule has 0 aliphatic rings. The summed E-state index contributed by atoms with van der Waals surface area (Å²) in [5, 5.41) is 12.3. The van der Waals surface area contributed by atoms with Crippen LogP contribution >= 0.6 is 0 Å². The number of furan rings is 1. The van der Waals surface area contributed by atoms with Gasteiger partial charge in [0.15, 0.2) is 5.58 Å². The van der Waals surface area contributed by atoms with Crippen molar-refractivity contribution in [3.8, 4) is 0 Å². The van der Waals surface area contributed by atoms with Gasteiger partial charge in [0.2, 0.25) is 5.76 Å². The smallest absolute Gasteiger partial charge is 0.409 e. The molecule has 0 aromatic carbocycles. The number of nitrogens with one attached hydrogen (secondary N) is 1. The number of hydrogen-bond acceptors (Lipinski definition) is 5. The summed E-state index contributed by atoms with van der Waals surface area (Å²) in [4.78, 5) is 31.4. The molecule has 19 heavy (non-hydrogen) atoms. The summed E-state index contributed by atoms with van der Waals surface area (Å²) in [7, 11) is 2.70. The Bertz CT molecular complexity index is 636. The summed E-state index contributed by atoms with van der Waals surface area (Å²) in [6.45, 7) is 0. The monoisotopic (exact) mass is 265 g/mol. The lowest BCUT2D eigenvalue weighted by Crippen LogP contribution is -2.26. The van der Waals surface area contributed by atoms with Gasteiger partial charge in [-0.1, -0.05) is 0 Å². The van der Waals surface area contributed by atoms with Crippen LogP contribution in [0.5, 0.6) is 0 Å². The van der Waals surface area contributed by atoms with Crippen molar-refractivity contribution in [2.45, 2.75) is 0 Å². The average molecular weight is 265 g/mol. The molecule has 0 atom stereocenters.